The molecule has 4 heteroatoms. The molecule has 0 aliphatic carbocycles. The van der Waals surface area contributed by atoms with Crippen molar-refractivity contribution in [3.8, 4) is 5.75 Å². The average molecular weight is 315 g/mol. The van der Waals surface area contributed by atoms with E-state index in [-0.39, 0.29) is 0 Å². The molecule has 0 spiro atoms. The maximum absolute atomic E-state index is 6.10. The largest absolute Gasteiger partial charge is 0.493 e. The van der Waals surface area contributed by atoms with Gasteiger partial charge in [0.1, 0.15) is 5.75 Å². The third-order valence-corrected chi connectivity index (χ3v) is 4.41. The molecule has 0 saturated carbocycles. The van der Waals surface area contributed by atoms with E-state index in [4.69, 9.17) is 16.3 Å². The third kappa shape index (κ3) is 2.95. The van der Waals surface area contributed by atoms with E-state index in [0.717, 1.165) is 40.4 Å². The van der Waals surface area contributed by atoms with Gasteiger partial charge in [0, 0.05) is 11.6 Å². The van der Waals surface area contributed by atoms with Crippen molar-refractivity contribution >= 4 is 22.6 Å². The lowest BCUT2D eigenvalue weighted by Crippen LogP contribution is -2.05. The summed E-state index contributed by atoms with van der Waals surface area (Å²) in [4.78, 5) is 4.40. The van der Waals surface area contributed by atoms with Crippen LogP contribution in [0.1, 0.15) is 17.5 Å². The number of fused-ring (bicyclic) bond motifs is 1. The highest BCUT2D eigenvalue weighted by Gasteiger charge is 2.06. The summed E-state index contributed by atoms with van der Waals surface area (Å²) in [7, 11) is 0. The van der Waals surface area contributed by atoms with Gasteiger partial charge in [-0.3, -0.25) is 0 Å². The van der Waals surface area contributed by atoms with Gasteiger partial charge in [0.15, 0.2) is 0 Å². The van der Waals surface area contributed by atoms with Crippen LogP contribution in [0.2, 0.25) is 5.02 Å². The van der Waals surface area contributed by atoms with Crippen LogP contribution >= 0.6 is 11.6 Å². The molecule has 0 fully saturated rings. The molecule has 0 unspecified atom stereocenters. The smallest absolute Gasteiger partial charge is 0.122 e. The first-order valence-corrected chi connectivity index (χ1v) is 7.83. The Hall–Kier alpha value is -2.00. The molecule has 1 aromatic heterocycles. The summed E-state index contributed by atoms with van der Waals surface area (Å²) in [6, 6.07) is 12.0. The first kappa shape index (κ1) is 14.9. The second-order valence-electron chi connectivity index (χ2n) is 5.42. The van der Waals surface area contributed by atoms with Gasteiger partial charge in [-0.2, -0.15) is 0 Å². The van der Waals surface area contributed by atoms with Crippen LogP contribution in [-0.2, 0) is 6.54 Å². The van der Waals surface area contributed by atoms with Crippen molar-refractivity contribution in [2.45, 2.75) is 26.8 Å². The van der Waals surface area contributed by atoms with Crippen molar-refractivity contribution in [1.82, 2.24) is 9.55 Å². The lowest BCUT2D eigenvalue weighted by Gasteiger charge is -2.12. The molecule has 3 aromatic rings. The van der Waals surface area contributed by atoms with Crippen molar-refractivity contribution < 1.29 is 4.74 Å². The quantitative estimate of drug-likeness (QED) is 0.634. The molecule has 114 valence electrons. The number of nitrogens with zero attached hydrogens (tertiary/aromatic N) is 2. The Morgan fingerprint density at radius 1 is 1.09 bits per heavy atom. The van der Waals surface area contributed by atoms with Gasteiger partial charge in [0.05, 0.1) is 24.0 Å². The van der Waals surface area contributed by atoms with Crippen LogP contribution in [0.4, 0.5) is 0 Å². The minimum absolute atomic E-state index is 0.675. The van der Waals surface area contributed by atoms with Crippen molar-refractivity contribution in [2.75, 3.05) is 6.61 Å². The number of hydrogen-bond acceptors (Lipinski definition) is 2. The zero-order chi connectivity index (χ0) is 15.5. The van der Waals surface area contributed by atoms with E-state index in [1.54, 1.807) is 0 Å². The standard InChI is InChI=1S/C18H19ClN2O/c1-13-14(2)18(9-8-15(13)19)22-11-5-10-21-12-20-16-6-3-4-7-17(16)21/h3-4,6-9,12H,5,10-11H2,1-2H3. The summed E-state index contributed by atoms with van der Waals surface area (Å²) in [5.41, 5.74) is 4.40. The molecule has 2 aromatic carbocycles. The molecule has 0 N–H and O–H groups in total. The number of para-hydroxylation sites is 2. The Labute approximate surface area is 135 Å². The summed E-state index contributed by atoms with van der Waals surface area (Å²) >= 11 is 6.10. The van der Waals surface area contributed by atoms with Gasteiger partial charge in [-0.15, -0.1) is 0 Å². The van der Waals surface area contributed by atoms with Gasteiger partial charge in [0.25, 0.3) is 0 Å². The fraction of sp³-hybridized carbons (Fsp3) is 0.278. The Morgan fingerprint density at radius 2 is 1.91 bits per heavy atom. The molecule has 0 radical (unpaired) electrons. The fourth-order valence-corrected chi connectivity index (χ4v) is 2.73. The van der Waals surface area contributed by atoms with Gasteiger partial charge >= 0.3 is 0 Å². The van der Waals surface area contributed by atoms with E-state index in [1.807, 2.05) is 50.5 Å². The number of rotatable bonds is 5. The van der Waals surface area contributed by atoms with Crippen molar-refractivity contribution in [3.05, 3.63) is 58.9 Å². The molecule has 1 heterocycles. The SMILES string of the molecule is Cc1c(Cl)ccc(OCCCn2cnc3ccccc32)c1C. The Balaban J connectivity index is 1.59. The molecule has 0 aliphatic rings. The van der Waals surface area contributed by atoms with E-state index >= 15 is 0 Å². The average Bonchev–Trinajstić information content (AvgIpc) is 2.94. The molecule has 0 saturated heterocycles. The molecule has 0 bridgehead atoms. The van der Waals surface area contributed by atoms with Gasteiger partial charge in [-0.05, 0) is 55.7 Å². The number of aryl methyl sites for hydroxylation is 1. The number of imidazole rings is 1. The molecular weight excluding hydrogens is 296 g/mol. The van der Waals surface area contributed by atoms with Crippen LogP contribution in [0, 0.1) is 13.8 Å². The maximum Gasteiger partial charge on any atom is 0.122 e. The van der Waals surface area contributed by atoms with Crippen LogP contribution in [0.5, 0.6) is 5.75 Å². The lowest BCUT2D eigenvalue weighted by molar-refractivity contribution is 0.300. The molecular formula is C18H19ClN2O. The number of halogens is 1. The number of aromatic nitrogens is 2. The van der Waals surface area contributed by atoms with Gasteiger partial charge in [-0.25, -0.2) is 4.98 Å². The van der Waals surface area contributed by atoms with Crippen molar-refractivity contribution in [2.24, 2.45) is 0 Å². The summed E-state index contributed by atoms with van der Waals surface area (Å²) in [6.45, 7) is 5.63. The van der Waals surface area contributed by atoms with Crippen LogP contribution in [0.15, 0.2) is 42.7 Å². The highest BCUT2D eigenvalue weighted by atomic mass is 35.5. The highest BCUT2D eigenvalue weighted by molar-refractivity contribution is 6.31. The number of ether oxygens (including phenoxy) is 1. The molecule has 22 heavy (non-hydrogen) atoms. The lowest BCUT2D eigenvalue weighted by atomic mass is 10.1. The monoisotopic (exact) mass is 314 g/mol. The van der Waals surface area contributed by atoms with Gasteiger partial charge in [0.2, 0.25) is 0 Å². The topological polar surface area (TPSA) is 27.1 Å². The van der Waals surface area contributed by atoms with Gasteiger partial charge in [-0.1, -0.05) is 23.7 Å². The van der Waals surface area contributed by atoms with Crippen LogP contribution in [0.3, 0.4) is 0 Å². The summed E-state index contributed by atoms with van der Waals surface area (Å²) in [5, 5.41) is 0.787. The van der Waals surface area contributed by atoms with E-state index in [0.29, 0.717) is 6.61 Å². The third-order valence-electron chi connectivity index (χ3n) is 4.00. The first-order chi connectivity index (χ1) is 10.7. The maximum atomic E-state index is 6.10. The van der Waals surface area contributed by atoms with Crippen LogP contribution in [0.25, 0.3) is 11.0 Å². The zero-order valence-corrected chi connectivity index (χ0v) is 13.6. The predicted molar refractivity (Wildman–Crippen MR) is 90.8 cm³/mol. The Bertz CT molecular complexity index is 795. The normalized spacial score (nSPS) is 11.0. The zero-order valence-electron chi connectivity index (χ0n) is 12.8. The molecule has 0 amide bonds. The van der Waals surface area contributed by atoms with E-state index in [1.165, 1.54) is 5.52 Å². The van der Waals surface area contributed by atoms with Gasteiger partial charge < -0.3 is 9.30 Å². The predicted octanol–water partition coefficient (Wildman–Crippen LogP) is 4.78. The minimum atomic E-state index is 0.675. The number of benzene rings is 2. The molecule has 0 atom stereocenters. The van der Waals surface area contributed by atoms with Crippen molar-refractivity contribution in [3.63, 3.8) is 0 Å². The molecule has 3 rings (SSSR count). The van der Waals surface area contributed by atoms with Crippen LogP contribution < -0.4 is 4.74 Å². The Kier molecular flexibility index (Phi) is 4.34. The minimum Gasteiger partial charge on any atom is -0.493 e. The van der Waals surface area contributed by atoms with E-state index < -0.39 is 0 Å². The molecule has 0 aliphatic heterocycles. The second kappa shape index (κ2) is 6.41. The summed E-state index contributed by atoms with van der Waals surface area (Å²) in [6.07, 6.45) is 2.82. The highest BCUT2D eigenvalue weighted by Crippen LogP contribution is 2.27. The summed E-state index contributed by atoms with van der Waals surface area (Å²) in [5.74, 6) is 0.914. The van der Waals surface area contributed by atoms with Crippen molar-refractivity contribution in [1.29, 1.82) is 0 Å². The van der Waals surface area contributed by atoms with E-state index in [9.17, 15) is 0 Å². The van der Waals surface area contributed by atoms with Crippen LogP contribution in [-0.4, -0.2) is 16.2 Å². The first-order valence-electron chi connectivity index (χ1n) is 7.45. The Morgan fingerprint density at radius 3 is 2.77 bits per heavy atom. The molecule has 3 nitrogen and oxygen atoms in total. The fourth-order valence-electron chi connectivity index (χ4n) is 2.52. The number of hydrogen-bond donors (Lipinski definition) is 0. The summed E-state index contributed by atoms with van der Waals surface area (Å²) < 4.78 is 8.06. The van der Waals surface area contributed by atoms with E-state index in [2.05, 4.69) is 15.6 Å². The second-order valence-corrected chi connectivity index (χ2v) is 5.83.